The minimum Gasteiger partial charge on any atom is -0.459 e. The molecular weight excluding hydrogens is 264 g/mol. The number of ether oxygens (including phenoxy) is 1. The number of hydrogen-bond acceptors (Lipinski definition) is 3. The van der Waals surface area contributed by atoms with E-state index in [9.17, 15) is 9.90 Å². The first kappa shape index (κ1) is 15.0. The highest BCUT2D eigenvalue weighted by molar-refractivity contribution is 5.89. The van der Waals surface area contributed by atoms with Crippen molar-refractivity contribution < 1.29 is 14.6 Å². The van der Waals surface area contributed by atoms with Gasteiger partial charge >= 0.3 is 5.97 Å². The summed E-state index contributed by atoms with van der Waals surface area (Å²) in [6, 6.07) is 16.7. The van der Waals surface area contributed by atoms with Crippen LogP contribution in [0.25, 0.3) is 6.08 Å². The molecule has 108 valence electrons. The molecule has 1 atom stereocenters. The van der Waals surface area contributed by atoms with E-state index in [4.69, 9.17) is 4.74 Å². The van der Waals surface area contributed by atoms with E-state index in [2.05, 4.69) is 0 Å². The zero-order valence-corrected chi connectivity index (χ0v) is 11.9. The first-order valence-corrected chi connectivity index (χ1v) is 6.80. The summed E-state index contributed by atoms with van der Waals surface area (Å²) in [5, 5.41) is 9.81. The molecule has 0 aromatic heterocycles. The highest BCUT2D eigenvalue weighted by atomic mass is 16.5. The van der Waals surface area contributed by atoms with E-state index in [1.165, 1.54) is 0 Å². The molecule has 0 aliphatic rings. The maximum Gasteiger partial charge on any atom is 0.338 e. The van der Waals surface area contributed by atoms with E-state index in [1.54, 1.807) is 30.3 Å². The van der Waals surface area contributed by atoms with Gasteiger partial charge in [0.1, 0.15) is 12.7 Å². The van der Waals surface area contributed by atoms with Gasteiger partial charge in [0.25, 0.3) is 0 Å². The molecule has 0 aliphatic carbocycles. The van der Waals surface area contributed by atoms with Gasteiger partial charge in [0, 0.05) is 0 Å². The smallest absolute Gasteiger partial charge is 0.338 e. The summed E-state index contributed by atoms with van der Waals surface area (Å²) in [6.45, 7) is 1.95. The van der Waals surface area contributed by atoms with Gasteiger partial charge in [0.05, 0.1) is 5.56 Å². The number of hydrogen-bond donors (Lipinski definition) is 1. The van der Waals surface area contributed by atoms with Crippen molar-refractivity contribution in [1.29, 1.82) is 0 Å². The van der Waals surface area contributed by atoms with Crippen LogP contribution in [-0.4, -0.2) is 23.8 Å². The fraction of sp³-hybridized carbons (Fsp3) is 0.167. The van der Waals surface area contributed by atoms with Crippen molar-refractivity contribution in [2.45, 2.75) is 13.0 Å². The van der Waals surface area contributed by atoms with E-state index >= 15 is 0 Å². The quantitative estimate of drug-likeness (QED) is 0.856. The first-order chi connectivity index (χ1) is 10.1. The Morgan fingerprint density at radius 3 is 2.67 bits per heavy atom. The van der Waals surface area contributed by atoms with Crippen LogP contribution < -0.4 is 0 Å². The molecule has 0 amide bonds. The van der Waals surface area contributed by atoms with E-state index in [1.807, 2.05) is 43.3 Å². The zero-order chi connectivity index (χ0) is 15.1. The second-order valence-corrected chi connectivity index (χ2v) is 4.81. The molecule has 0 unspecified atom stereocenters. The van der Waals surface area contributed by atoms with Gasteiger partial charge in [-0.3, -0.25) is 0 Å². The maximum atomic E-state index is 11.7. The van der Waals surface area contributed by atoms with Crippen LogP contribution in [-0.2, 0) is 4.74 Å². The lowest BCUT2D eigenvalue weighted by Gasteiger charge is -2.07. The average Bonchev–Trinajstić information content (AvgIpc) is 2.51. The van der Waals surface area contributed by atoms with Crippen molar-refractivity contribution in [2.75, 3.05) is 6.61 Å². The molecule has 0 saturated heterocycles. The second kappa shape index (κ2) is 7.41. The summed E-state index contributed by atoms with van der Waals surface area (Å²) >= 11 is 0. The van der Waals surface area contributed by atoms with Crippen LogP contribution in [0.1, 0.15) is 21.5 Å². The van der Waals surface area contributed by atoms with Crippen LogP contribution in [0.3, 0.4) is 0 Å². The van der Waals surface area contributed by atoms with Crippen molar-refractivity contribution in [3.63, 3.8) is 0 Å². The SMILES string of the molecule is Cc1cccc(/C=C/[C@H](O)COC(=O)c2ccccc2)c1. The molecule has 21 heavy (non-hydrogen) atoms. The van der Waals surface area contributed by atoms with Crippen LogP contribution in [0.2, 0.25) is 0 Å². The van der Waals surface area contributed by atoms with Gasteiger partial charge in [-0.15, -0.1) is 0 Å². The van der Waals surface area contributed by atoms with Gasteiger partial charge in [0.15, 0.2) is 0 Å². The number of carbonyl (C=O) groups excluding carboxylic acids is 1. The lowest BCUT2D eigenvalue weighted by molar-refractivity contribution is 0.0346. The largest absolute Gasteiger partial charge is 0.459 e. The molecular formula is C18H18O3. The monoisotopic (exact) mass is 282 g/mol. The number of rotatable bonds is 5. The Bertz CT molecular complexity index is 617. The van der Waals surface area contributed by atoms with Crippen LogP contribution in [0, 0.1) is 6.92 Å². The standard InChI is InChI=1S/C18H18O3/c1-14-6-5-7-15(12-14)10-11-17(19)13-21-18(20)16-8-3-2-4-9-16/h2-12,17,19H,13H2,1H3/b11-10+/t17-/m0/s1. The fourth-order valence-electron chi connectivity index (χ4n) is 1.87. The van der Waals surface area contributed by atoms with Crippen molar-refractivity contribution in [2.24, 2.45) is 0 Å². The van der Waals surface area contributed by atoms with Crippen LogP contribution >= 0.6 is 0 Å². The number of aliphatic hydroxyl groups is 1. The average molecular weight is 282 g/mol. The van der Waals surface area contributed by atoms with Gasteiger partial charge in [-0.1, -0.05) is 60.2 Å². The Morgan fingerprint density at radius 1 is 1.19 bits per heavy atom. The lowest BCUT2D eigenvalue weighted by atomic mass is 10.1. The van der Waals surface area contributed by atoms with Gasteiger partial charge in [0.2, 0.25) is 0 Å². The summed E-state index contributed by atoms with van der Waals surface area (Å²) in [5.74, 6) is -0.432. The molecule has 3 heteroatoms. The van der Waals surface area contributed by atoms with Crippen LogP contribution in [0.5, 0.6) is 0 Å². The number of aryl methyl sites for hydroxylation is 1. The number of esters is 1. The molecule has 0 aliphatic heterocycles. The van der Waals surface area contributed by atoms with E-state index in [0.717, 1.165) is 11.1 Å². The molecule has 0 saturated carbocycles. The molecule has 0 spiro atoms. The minimum absolute atomic E-state index is 0.0595. The van der Waals surface area contributed by atoms with Gasteiger partial charge in [-0.05, 0) is 24.6 Å². The maximum absolute atomic E-state index is 11.7. The fourth-order valence-corrected chi connectivity index (χ4v) is 1.87. The molecule has 2 aromatic carbocycles. The number of carbonyl (C=O) groups is 1. The third kappa shape index (κ3) is 4.89. The summed E-state index contributed by atoms with van der Waals surface area (Å²) in [7, 11) is 0. The highest BCUT2D eigenvalue weighted by Crippen LogP contribution is 2.07. The summed E-state index contributed by atoms with van der Waals surface area (Å²) in [4.78, 5) is 11.7. The Hall–Kier alpha value is -2.39. The summed E-state index contributed by atoms with van der Waals surface area (Å²) < 4.78 is 5.06. The molecule has 2 rings (SSSR count). The van der Waals surface area contributed by atoms with Crippen LogP contribution in [0.4, 0.5) is 0 Å². The molecule has 0 heterocycles. The minimum atomic E-state index is -0.821. The summed E-state index contributed by atoms with van der Waals surface area (Å²) in [6.07, 6.45) is 2.61. The Balaban J connectivity index is 1.85. The molecule has 1 N–H and O–H groups in total. The van der Waals surface area contributed by atoms with Crippen molar-refractivity contribution >= 4 is 12.0 Å². The van der Waals surface area contributed by atoms with Crippen molar-refractivity contribution in [3.8, 4) is 0 Å². The molecule has 0 radical (unpaired) electrons. The topological polar surface area (TPSA) is 46.5 Å². The normalized spacial score (nSPS) is 12.3. The highest BCUT2D eigenvalue weighted by Gasteiger charge is 2.08. The second-order valence-electron chi connectivity index (χ2n) is 4.81. The Kier molecular flexibility index (Phi) is 5.29. The van der Waals surface area contributed by atoms with Gasteiger partial charge in [-0.2, -0.15) is 0 Å². The number of aliphatic hydroxyl groups excluding tert-OH is 1. The summed E-state index contributed by atoms with van der Waals surface area (Å²) in [5.41, 5.74) is 2.64. The molecule has 2 aromatic rings. The molecule has 0 fully saturated rings. The zero-order valence-electron chi connectivity index (χ0n) is 11.9. The predicted octanol–water partition coefficient (Wildman–Crippen LogP) is 3.23. The van der Waals surface area contributed by atoms with Crippen molar-refractivity contribution in [1.82, 2.24) is 0 Å². The van der Waals surface area contributed by atoms with E-state index in [0.29, 0.717) is 5.56 Å². The Morgan fingerprint density at radius 2 is 1.95 bits per heavy atom. The van der Waals surface area contributed by atoms with E-state index in [-0.39, 0.29) is 6.61 Å². The van der Waals surface area contributed by atoms with Crippen LogP contribution in [0.15, 0.2) is 60.7 Å². The number of benzene rings is 2. The lowest BCUT2D eigenvalue weighted by Crippen LogP contribution is -2.16. The molecule has 0 bridgehead atoms. The van der Waals surface area contributed by atoms with E-state index < -0.39 is 12.1 Å². The third-order valence-electron chi connectivity index (χ3n) is 2.95. The van der Waals surface area contributed by atoms with Gasteiger partial charge in [-0.25, -0.2) is 4.79 Å². The van der Waals surface area contributed by atoms with Crippen molar-refractivity contribution in [3.05, 3.63) is 77.4 Å². The predicted molar refractivity (Wildman–Crippen MR) is 82.9 cm³/mol. The van der Waals surface area contributed by atoms with Gasteiger partial charge < -0.3 is 9.84 Å². The third-order valence-corrected chi connectivity index (χ3v) is 2.95. The first-order valence-electron chi connectivity index (χ1n) is 6.80. The molecule has 3 nitrogen and oxygen atoms in total. The Labute approximate surface area is 124 Å².